The number of likely N-dealkylation sites (tertiary alicyclic amines) is 1. The number of carbonyl (C=O) groups excluding carboxylic acids is 1. The fourth-order valence-electron chi connectivity index (χ4n) is 4.75. The fourth-order valence-corrected chi connectivity index (χ4v) is 5.02. The molecule has 4 rings (SSSR count). The van der Waals surface area contributed by atoms with Crippen LogP contribution in [0.25, 0.3) is 0 Å². The van der Waals surface area contributed by atoms with Gasteiger partial charge in [-0.15, -0.1) is 0 Å². The number of halogens is 1. The summed E-state index contributed by atoms with van der Waals surface area (Å²) in [5.41, 5.74) is 2.30. The van der Waals surface area contributed by atoms with Crippen LogP contribution in [0.5, 0.6) is 0 Å². The number of hydrogen-bond acceptors (Lipinski definition) is 5. The lowest BCUT2D eigenvalue weighted by atomic mass is 9.87. The van der Waals surface area contributed by atoms with Crippen molar-refractivity contribution >= 4 is 27.5 Å². The molecule has 1 saturated heterocycles. The maximum atomic E-state index is 13.7. The Morgan fingerprint density at radius 1 is 1.29 bits per heavy atom. The predicted octanol–water partition coefficient (Wildman–Crippen LogP) is 5.41. The van der Waals surface area contributed by atoms with Crippen molar-refractivity contribution in [3.8, 4) is 0 Å². The summed E-state index contributed by atoms with van der Waals surface area (Å²) in [4.78, 5) is 21.7. The zero-order chi connectivity index (χ0) is 22.3. The second-order valence-electron chi connectivity index (χ2n) is 9.53. The maximum absolute atomic E-state index is 13.7. The zero-order valence-electron chi connectivity index (χ0n) is 18.8. The minimum Gasteiger partial charge on any atom is -0.384 e. The number of carbonyl (C=O) groups is 1. The molecular formula is C24H30BrN3O3. The standard InChI is InChI=1S/C24H30BrN3O3/c1-14(2)22(21-11-16(4)26-30-21)23(29)28-13-15(3)10-20(28)19-12-24(5,31-27-19)17-6-8-18(25)9-7-17/h6-9,11,14-15,20,22H,10,12-13H2,1-5H3/t15-,20+,22?,24?/m1/s1. The van der Waals surface area contributed by atoms with E-state index in [0.29, 0.717) is 24.6 Å². The third kappa shape index (κ3) is 4.29. The number of nitrogens with zero attached hydrogens (tertiary/aromatic N) is 3. The first-order valence-electron chi connectivity index (χ1n) is 10.9. The Kier molecular flexibility index (Phi) is 5.99. The number of amides is 1. The lowest BCUT2D eigenvalue weighted by Gasteiger charge is -2.30. The number of aromatic nitrogens is 1. The lowest BCUT2D eigenvalue weighted by Crippen LogP contribution is -2.44. The quantitative estimate of drug-likeness (QED) is 0.564. The second kappa shape index (κ2) is 8.41. The van der Waals surface area contributed by atoms with Crippen LogP contribution in [-0.2, 0) is 15.2 Å². The smallest absolute Gasteiger partial charge is 0.234 e. The highest BCUT2D eigenvalue weighted by Crippen LogP contribution is 2.40. The first-order valence-corrected chi connectivity index (χ1v) is 11.7. The van der Waals surface area contributed by atoms with Crippen molar-refractivity contribution < 1.29 is 14.2 Å². The average Bonchev–Trinajstić information content (AvgIpc) is 3.41. The number of oxime groups is 1. The SMILES string of the molecule is Cc1cc(C(C(=O)N2C[C@H](C)C[C@H]2C2=NOC(C)(c3ccc(Br)cc3)C2)C(C)C)on1. The summed E-state index contributed by atoms with van der Waals surface area (Å²) >= 11 is 3.49. The number of aryl methyl sites for hydroxylation is 1. The summed E-state index contributed by atoms with van der Waals surface area (Å²) < 4.78 is 6.53. The van der Waals surface area contributed by atoms with Gasteiger partial charge in [-0.25, -0.2) is 0 Å². The molecule has 1 amide bonds. The topological polar surface area (TPSA) is 67.9 Å². The molecule has 0 aliphatic carbocycles. The van der Waals surface area contributed by atoms with E-state index in [1.165, 1.54) is 0 Å². The van der Waals surface area contributed by atoms with Crippen molar-refractivity contribution in [2.24, 2.45) is 17.0 Å². The van der Waals surface area contributed by atoms with Gasteiger partial charge >= 0.3 is 0 Å². The first-order chi connectivity index (χ1) is 14.7. The van der Waals surface area contributed by atoms with Crippen molar-refractivity contribution in [3.63, 3.8) is 0 Å². The first kappa shape index (κ1) is 22.1. The third-order valence-corrected chi connectivity index (χ3v) is 6.93. The van der Waals surface area contributed by atoms with Crippen LogP contribution >= 0.6 is 15.9 Å². The van der Waals surface area contributed by atoms with Crippen molar-refractivity contribution in [3.05, 3.63) is 51.8 Å². The van der Waals surface area contributed by atoms with Gasteiger partial charge in [-0.1, -0.05) is 59.1 Å². The molecule has 6 nitrogen and oxygen atoms in total. The van der Waals surface area contributed by atoms with Crippen LogP contribution in [0.3, 0.4) is 0 Å². The van der Waals surface area contributed by atoms with E-state index >= 15 is 0 Å². The number of rotatable bonds is 5. The summed E-state index contributed by atoms with van der Waals surface area (Å²) in [7, 11) is 0. The van der Waals surface area contributed by atoms with Crippen LogP contribution in [0.15, 0.2) is 44.5 Å². The molecular weight excluding hydrogens is 458 g/mol. The molecule has 0 radical (unpaired) electrons. The summed E-state index contributed by atoms with van der Waals surface area (Å²) in [5, 5.41) is 8.50. The van der Waals surface area contributed by atoms with Crippen LogP contribution < -0.4 is 0 Å². The van der Waals surface area contributed by atoms with Crippen molar-refractivity contribution in [2.75, 3.05) is 6.54 Å². The molecule has 31 heavy (non-hydrogen) atoms. The summed E-state index contributed by atoms with van der Waals surface area (Å²) in [5.74, 6) is 0.877. The van der Waals surface area contributed by atoms with Gasteiger partial charge in [0.05, 0.1) is 17.4 Å². The Bertz CT molecular complexity index is 984. The Balaban J connectivity index is 1.57. The van der Waals surface area contributed by atoms with Gasteiger partial charge in [0.25, 0.3) is 0 Å². The van der Waals surface area contributed by atoms with Gasteiger partial charge in [-0.2, -0.15) is 0 Å². The molecule has 1 aromatic heterocycles. The third-order valence-electron chi connectivity index (χ3n) is 6.40. The normalized spacial score (nSPS) is 26.8. The Hall–Kier alpha value is -2.15. The monoisotopic (exact) mass is 487 g/mol. The zero-order valence-corrected chi connectivity index (χ0v) is 20.3. The van der Waals surface area contributed by atoms with E-state index in [1.807, 2.05) is 30.0 Å². The molecule has 0 spiro atoms. The van der Waals surface area contributed by atoms with Gasteiger partial charge < -0.3 is 14.3 Å². The van der Waals surface area contributed by atoms with Gasteiger partial charge in [0.2, 0.25) is 5.91 Å². The Labute approximate surface area is 192 Å². The second-order valence-corrected chi connectivity index (χ2v) is 10.4. The fraction of sp³-hybridized carbons (Fsp3) is 0.542. The molecule has 3 heterocycles. The molecule has 0 saturated carbocycles. The van der Waals surface area contributed by atoms with E-state index in [4.69, 9.17) is 9.36 Å². The van der Waals surface area contributed by atoms with Crippen LogP contribution in [0.2, 0.25) is 0 Å². The number of hydrogen-bond donors (Lipinski definition) is 0. The van der Waals surface area contributed by atoms with Gasteiger partial charge in [0.15, 0.2) is 5.60 Å². The largest absolute Gasteiger partial charge is 0.384 e. The summed E-state index contributed by atoms with van der Waals surface area (Å²) in [6.45, 7) is 10.9. The van der Waals surface area contributed by atoms with Gasteiger partial charge in [0, 0.05) is 23.5 Å². The molecule has 0 bridgehead atoms. The summed E-state index contributed by atoms with van der Waals surface area (Å²) in [6.07, 6.45) is 1.56. The highest BCUT2D eigenvalue weighted by Gasteiger charge is 2.46. The van der Waals surface area contributed by atoms with Gasteiger partial charge in [0.1, 0.15) is 11.7 Å². The van der Waals surface area contributed by atoms with Crippen LogP contribution in [0, 0.1) is 18.8 Å². The van der Waals surface area contributed by atoms with E-state index in [2.05, 4.69) is 66.1 Å². The molecule has 2 aliphatic rings. The van der Waals surface area contributed by atoms with E-state index in [0.717, 1.165) is 27.9 Å². The van der Waals surface area contributed by atoms with E-state index < -0.39 is 5.60 Å². The van der Waals surface area contributed by atoms with Crippen molar-refractivity contribution in [1.82, 2.24) is 10.1 Å². The minimum absolute atomic E-state index is 0.0509. The molecule has 2 unspecified atom stereocenters. The van der Waals surface area contributed by atoms with Crippen molar-refractivity contribution in [2.45, 2.75) is 65.0 Å². The molecule has 4 atom stereocenters. The van der Waals surface area contributed by atoms with E-state index in [-0.39, 0.29) is 23.8 Å². The molecule has 166 valence electrons. The Morgan fingerprint density at radius 3 is 2.61 bits per heavy atom. The van der Waals surface area contributed by atoms with Crippen LogP contribution in [-0.4, -0.2) is 34.3 Å². The number of benzene rings is 1. The predicted molar refractivity (Wildman–Crippen MR) is 123 cm³/mol. The highest BCUT2D eigenvalue weighted by molar-refractivity contribution is 9.10. The van der Waals surface area contributed by atoms with Crippen LogP contribution in [0.4, 0.5) is 0 Å². The van der Waals surface area contributed by atoms with Crippen LogP contribution in [0.1, 0.15) is 63.5 Å². The molecule has 1 aromatic carbocycles. The molecule has 7 heteroatoms. The van der Waals surface area contributed by atoms with E-state index in [9.17, 15) is 4.79 Å². The average molecular weight is 488 g/mol. The molecule has 2 aromatic rings. The molecule has 1 fully saturated rings. The summed E-state index contributed by atoms with van der Waals surface area (Å²) in [6, 6.07) is 9.97. The van der Waals surface area contributed by atoms with Crippen molar-refractivity contribution in [1.29, 1.82) is 0 Å². The highest BCUT2D eigenvalue weighted by atomic mass is 79.9. The minimum atomic E-state index is -0.518. The van der Waals surface area contributed by atoms with Gasteiger partial charge in [-0.05, 0) is 49.8 Å². The maximum Gasteiger partial charge on any atom is 0.234 e. The van der Waals surface area contributed by atoms with E-state index in [1.54, 1.807) is 0 Å². The molecule has 0 N–H and O–H groups in total. The lowest BCUT2D eigenvalue weighted by molar-refractivity contribution is -0.134. The molecule has 2 aliphatic heterocycles. The Morgan fingerprint density at radius 2 is 2.00 bits per heavy atom. The van der Waals surface area contributed by atoms with Gasteiger partial charge in [-0.3, -0.25) is 4.79 Å².